The van der Waals surface area contributed by atoms with Crippen molar-refractivity contribution in [3.05, 3.63) is 83.9 Å². The van der Waals surface area contributed by atoms with Crippen LogP contribution in [0.2, 0.25) is 0 Å². The van der Waals surface area contributed by atoms with Crippen LogP contribution in [-0.2, 0) is 46.4 Å². The predicted molar refractivity (Wildman–Crippen MR) is 173 cm³/mol. The lowest BCUT2D eigenvalue weighted by molar-refractivity contribution is -0.461. The number of aliphatic hydroxyl groups excluding tert-OH is 1. The molecule has 8 nitrogen and oxygen atoms in total. The fourth-order valence-corrected chi connectivity index (χ4v) is 5.35. The van der Waals surface area contributed by atoms with Crippen molar-refractivity contribution in [2.45, 2.75) is 104 Å². The van der Waals surface area contributed by atoms with Gasteiger partial charge in [-0.2, -0.15) is 74.6 Å². The average molecular weight is 919 g/mol. The minimum Gasteiger partial charge on any atom is -0.467 e. The monoisotopic (exact) mass is 918 g/mol. The molecule has 0 aliphatic carbocycles. The van der Waals surface area contributed by atoms with Crippen LogP contribution in [0.25, 0.3) is 0 Å². The van der Waals surface area contributed by atoms with E-state index in [2.05, 4.69) is 0 Å². The second-order valence-electron chi connectivity index (χ2n) is 13.1. The third-order valence-electron chi connectivity index (χ3n) is 8.83. The molecule has 0 aromatic heterocycles. The Morgan fingerprint density at radius 1 is 0.623 bits per heavy atom. The molecule has 1 saturated heterocycles. The Morgan fingerprint density at radius 3 is 1.54 bits per heavy atom. The quantitative estimate of drug-likeness (QED) is 0.0543. The normalized spacial score (nSPS) is 21.5. The van der Waals surface area contributed by atoms with Gasteiger partial charge in [-0.05, 0) is 17.5 Å². The molecule has 0 spiro atoms. The Morgan fingerprint density at radius 2 is 1.07 bits per heavy atom. The fraction of sp³-hybridized carbons (Fsp3) is 0.583. The molecular formula is C36H35F17O8. The molecule has 0 saturated carbocycles. The van der Waals surface area contributed by atoms with Gasteiger partial charge in [-0.1, -0.05) is 72.8 Å². The van der Waals surface area contributed by atoms with Crippen molar-refractivity contribution in [2.24, 2.45) is 0 Å². The predicted octanol–water partition coefficient (Wildman–Crippen LogP) is 8.80. The Kier molecular flexibility index (Phi) is 16.7. The summed E-state index contributed by atoms with van der Waals surface area (Å²) in [7, 11) is 1.03. The second kappa shape index (κ2) is 19.7. The molecule has 5 atom stereocenters. The molecule has 25 heteroatoms. The molecule has 0 radical (unpaired) electrons. The molecule has 0 bridgehead atoms. The highest BCUT2D eigenvalue weighted by molar-refractivity contribution is 5.75. The van der Waals surface area contributed by atoms with Crippen molar-refractivity contribution in [2.75, 3.05) is 26.9 Å². The summed E-state index contributed by atoms with van der Waals surface area (Å²) in [6, 6.07) is 17.1. The molecule has 3 rings (SSSR count). The molecule has 1 fully saturated rings. The van der Waals surface area contributed by atoms with Gasteiger partial charge in [0.05, 0.1) is 33.5 Å². The summed E-state index contributed by atoms with van der Waals surface area (Å²) in [6.07, 6.45) is -17.0. The van der Waals surface area contributed by atoms with Gasteiger partial charge in [0.15, 0.2) is 12.4 Å². The minimum atomic E-state index is -8.69. The van der Waals surface area contributed by atoms with Gasteiger partial charge in [-0.25, -0.2) is 4.79 Å². The van der Waals surface area contributed by atoms with E-state index in [1.54, 1.807) is 60.7 Å². The first-order valence-corrected chi connectivity index (χ1v) is 17.3. The zero-order valence-electron chi connectivity index (χ0n) is 31.0. The van der Waals surface area contributed by atoms with Crippen LogP contribution in [0.5, 0.6) is 0 Å². The van der Waals surface area contributed by atoms with Gasteiger partial charge in [-0.15, -0.1) is 0 Å². The third-order valence-corrected chi connectivity index (χ3v) is 8.83. The first kappa shape index (κ1) is 51.6. The van der Waals surface area contributed by atoms with Gasteiger partial charge >= 0.3 is 53.6 Å². The molecule has 1 N–H and O–H groups in total. The van der Waals surface area contributed by atoms with Gasteiger partial charge in [0.2, 0.25) is 0 Å². The lowest BCUT2D eigenvalue weighted by Crippen LogP contribution is -2.74. The van der Waals surface area contributed by atoms with Crippen LogP contribution in [0, 0.1) is 0 Å². The van der Waals surface area contributed by atoms with Crippen LogP contribution in [-0.4, -0.2) is 116 Å². The summed E-state index contributed by atoms with van der Waals surface area (Å²) in [5.74, 6) is -57.7. The van der Waals surface area contributed by atoms with Crippen molar-refractivity contribution in [1.29, 1.82) is 0 Å². The van der Waals surface area contributed by atoms with Gasteiger partial charge in [0.25, 0.3) is 0 Å². The van der Waals surface area contributed by atoms with Crippen molar-refractivity contribution in [3.8, 4) is 0 Å². The lowest BCUT2D eigenvalue weighted by atomic mass is 9.88. The SMILES string of the molecule is COC(=O)[C@H]1O[C@@H](OC/C=C\COCCCC(F)(F)C(F)(F)C(F)(F)C(F)(F)C(F)(F)C(F)(F)C(F)(F)C(F)(F)F)[C@@H](OCc2ccccc2)[C@@H](O)[C@@H]1OCc1ccccc1. The Balaban J connectivity index is 1.62. The highest BCUT2D eigenvalue weighted by Crippen LogP contribution is 2.64. The number of alkyl halides is 17. The van der Waals surface area contributed by atoms with Crippen LogP contribution >= 0.6 is 0 Å². The highest BCUT2D eigenvalue weighted by Gasteiger charge is 2.95. The zero-order chi connectivity index (χ0) is 46.3. The van der Waals surface area contributed by atoms with Gasteiger partial charge < -0.3 is 33.5 Å². The number of ether oxygens (including phenoxy) is 6. The van der Waals surface area contributed by atoms with E-state index >= 15 is 0 Å². The number of benzene rings is 2. The second-order valence-corrected chi connectivity index (χ2v) is 13.1. The topological polar surface area (TPSA) is 92.7 Å². The van der Waals surface area contributed by atoms with E-state index in [0.717, 1.165) is 19.3 Å². The molecular weight excluding hydrogens is 883 g/mol. The van der Waals surface area contributed by atoms with E-state index in [1.165, 1.54) is 0 Å². The molecule has 2 aromatic rings. The van der Waals surface area contributed by atoms with Gasteiger partial charge in [0.1, 0.15) is 18.3 Å². The number of aliphatic hydroxyl groups is 1. The van der Waals surface area contributed by atoms with E-state index in [9.17, 15) is 84.5 Å². The number of esters is 1. The summed E-state index contributed by atoms with van der Waals surface area (Å²) >= 11 is 0. The van der Waals surface area contributed by atoms with E-state index in [0.29, 0.717) is 11.1 Å². The van der Waals surface area contributed by atoms with Crippen LogP contribution < -0.4 is 0 Å². The van der Waals surface area contributed by atoms with E-state index in [1.807, 2.05) is 0 Å². The maximum atomic E-state index is 14.2. The standard InChI is InChI=1S/C36H35F17O8/c1-56-27(55)26-24(59-19-21-11-4-2-5-12-21)23(54)25(60-20-22-13-6-3-7-14-22)28(61-26)58-18-9-8-16-57-17-10-15-29(37,38)30(39,40)31(41,42)32(43,44)33(45,46)34(47,48)35(49,50)36(51,52)53/h2-9,11-14,23-26,28,54H,10,15-20H2,1H3/b9-8-/t23-,24-,25-,26-,28+/m0/s1. The summed E-state index contributed by atoms with van der Waals surface area (Å²) in [4.78, 5) is 12.7. The molecule has 0 unspecified atom stereocenters. The molecule has 346 valence electrons. The first-order chi connectivity index (χ1) is 28.0. The summed E-state index contributed by atoms with van der Waals surface area (Å²) in [6.45, 7) is -2.33. The smallest absolute Gasteiger partial charge is 0.460 e. The molecule has 1 heterocycles. The summed E-state index contributed by atoms with van der Waals surface area (Å²) in [5.41, 5.74) is 1.31. The van der Waals surface area contributed by atoms with E-state index < -0.39 is 117 Å². The number of hydrogen-bond acceptors (Lipinski definition) is 8. The zero-order valence-corrected chi connectivity index (χ0v) is 31.0. The van der Waals surface area contributed by atoms with Crippen molar-refractivity contribution < 1.29 is 113 Å². The summed E-state index contributed by atoms with van der Waals surface area (Å²) < 4.78 is 262. The number of hydrogen-bond donors (Lipinski definition) is 1. The van der Waals surface area contributed by atoms with Gasteiger partial charge in [0, 0.05) is 13.0 Å². The van der Waals surface area contributed by atoms with Gasteiger partial charge in [-0.3, -0.25) is 0 Å². The number of rotatable bonds is 22. The van der Waals surface area contributed by atoms with Crippen LogP contribution in [0.1, 0.15) is 24.0 Å². The van der Waals surface area contributed by atoms with E-state index in [-0.39, 0.29) is 13.2 Å². The van der Waals surface area contributed by atoms with Crippen molar-refractivity contribution in [1.82, 2.24) is 0 Å². The minimum absolute atomic E-state index is 0.0832. The van der Waals surface area contributed by atoms with Crippen molar-refractivity contribution in [3.63, 3.8) is 0 Å². The fourth-order valence-electron chi connectivity index (χ4n) is 5.35. The first-order valence-electron chi connectivity index (χ1n) is 17.3. The van der Waals surface area contributed by atoms with Crippen LogP contribution in [0.4, 0.5) is 74.6 Å². The Bertz CT molecular complexity index is 1710. The number of carbonyl (C=O) groups excluding carboxylic acids is 1. The van der Waals surface area contributed by atoms with Crippen LogP contribution in [0.3, 0.4) is 0 Å². The van der Waals surface area contributed by atoms with Crippen LogP contribution in [0.15, 0.2) is 72.8 Å². The number of halogens is 17. The van der Waals surface area contributed by atoms with Crippen molar-refractivity contribution >= 4 is 5.97 Å². The molecule has 0 amide bonds. The molecule has 2 aromatic carbocycles. The highest BCUT2D eigenvalue weighted by atomic mass is 19.4. The third kappa shape index (κ3) is 10.7. The number of carbonyl (C=O) groups is 1. The maximum absolute atomic E-state index is 14.2. The lowest BCUT2D eigenvalue weighted by Gasteiger charge is -2.42. The molecule has 61 heavy (non-hydrogen) atoms. The van der Waals surface area contributed by atoms with E-state index in [4.69, 9.17) is 28.4 Å². The number of methoxy groups -OCH3 is 1. The Labute approximate surface area is 334 Å². The average Bonchev–Trinajstić information content (AvgIpc) is 3.18. The maximum Gasteiger partial charge on any atom is 0.460 e. The molecule has 1 aliphatic rings. The Hall–Kier alpha value is -3.78. The largest absolute Gasteiger partial charge is 0.467 e. The molecule has 1 aliphatic heterocycles. The summed E-state index contributed by atoms with van der Waals surface area (Å²) in [5, 5.41) is 11.3.